The first-order valence-electron chi connectivity index (χ1n) is 10.0. The van der Waals surface area contributed by atoms with Crippen LogP contribution in [0.4, 0.5) is 0 Å². The molecule has 0 saturated carbocycles. The van der Waals surface area contributed by atoms with Crippen molar-refractivity contribution < 1.29 is 19.5 Å². The van der Waals surface area contributed by atoms with Crippen LogP contribution in [-0.4, -0.2) is 22.9 Å². The van der Waals surface area contributed by atoms with Gasteiger partial charge in [0.25, 0.3) is 5.91 Å². The average molecular weight is 424 g/mol. The van der Waals surface area contributed by atoms with E-state index in [1.807, 2.05) is 60.7 Å². The second-order valence-electron chi connectivity index (χ2n) is 7.21. The molecule has 0 unspecified atom stereocenters. The van der Waals surface area contributed by atoms with Crippen LogP contribution in [0.2, 0.25) is 0 Å². The lowest BCUT2D eigenvalue weighted by Crippen LogP contribution is -2.44. The van der Waals surface area contributed by atoms with Gasteiger partial charge in [0, 0.05) is 10.9 Å². The molecule has 0 aliphatic heterocycles. The number of carbonyl (C=O) groups is 3. The van der Waals surface area contributed by atoms with E-state index in [2.05, 4.69) is 10.9 Å². The Morgan fingerprint density at radius 1 is 0.625 bits per heavy atom. The molecule has 0 spiro atoms. The van der Waals surface area contributed by atoms with Gasteiger partial charge in [-0.15, -0.1) is 0 Å². The highest BCUT2D eigenvalue weighted by Crippen LogP contribution is 2.25. The Bertz CT molecular complexity index is 1240. The first-order chi connectivity index (χ1) is 15.6. The standard InChI is InChI=1S/C26H20N2O4/c29-24(20-15-7-13-19-14-8-16-21(23(19)20)26(31)32)27-28-25(30)22(17-9-3-1-4-10-17)18-11-5-2-6-12-18/h1-16,22H,(H,27,29)(H,28,30)(H,31,32). The van der Waals surface area contributed by atoms with Crippen LogP contribution in [0.15, 0.2) is 97.1 Å². The van der Waals surface area contributed by atoms with Crippen molar-refractivity contribution in [1.82, 2.24) is 10.9 Å². The molecule has 0 aliphatic rings. The number of carboxylic acid groups (broad SMARTS) is 1. The first kappa shape index (κ1) is 20.8. The van der Waals surface area contributed by atoms with E-state index in [1.54, 1.807) is 24.3 Å². The van der Waals surface area contributed by atoms with Crippen LogP contribution in [0.3, 0.4) is 0 Å². The summed E-state index contributed by atoms with van der Waals surface area (Å²) in [7, 11) is 0. The first-order valence-corrected chi connectivity index (χ1v) is 10.0. The fraction of sp³-hybridized carbons (Fsp3) is 0.0385. The summed E-state index contributed by atoms with van der Waals surface area (Å²) >= 11 is 0. The van der Waals surface area contributed by atoms with E-state index in [0.717, 1.165) is 11.1 Å². The SMILES string of the molecule is O=C(O)c1cccc2cccc(C(=O)NNC(=O)C(c3ccccc3)c3ccccc3)c12. The third kappa shape index (κ3) is 4.20. The van der Waals surface area contributed by atoms with Crippen molar-refractivity contribution in [2.24, 2.45) is 0 Å². The Labute approximate surface area is 184 Å². The van der Waals surface area contributed by atoms with Gasteiger partial charge in [0.05, 0.1) is 11.5 Å². The summed E-state index contributed by atoms with van der Waals surface area (Å²) in [4.78, 5) is 37.7. The molecule has 0 atom stereocenters. The van der Waals surface area contributed by atoms with Crippen LogP contribution in [0, 0.1) is 0 Å². The molecule has 6 nitrogen and oxygen atoms in total. The monoisotopic (exact) mass is 424 g/mol. The van der Waals surface area contributed by atoms with Crippen molar-refractivity contribution in [2.75, 3.05) is 0 Å². The predicted molar refractivity (Wildman–Crippen MR) is 121 cm³/mol. The quantitative estimate of drug-likeness (QED) is 0.420. The number of aromatic carboxylic acids is 1. The minimum Gasteiger partial charge on any atom is -0.478 e. The summed E-state index contributed by atoms with van der Waals surface area (Å²) in [6.07, 6.45) is 0. The minimum absolute atomic E-state index is 0.0195. The predicted octanol–water partition coefficient (Wildman–Crippen LogP) is 4.13. The van der Waals surface area contributed by atoms with E-state index < -0.39 is 23.7 Å². The van der Waals surface area contributed by atoms with Gasteiger partial charge in [-0.1, -0.05) is 84.9 Å². The maximum absolute atomic E-state index is 13.1. The van der Waals surface area contributed by atoms with Crippen LogP contribution in [0.5, 0.6) is 0 Å². The molecule has 0 radical (unpaired) electrons. The topological polar surface area (TPSA) is 95.5 Å². The fourth-order valence-corrected chi connectivity index (χ4v) is 3.75. The number of benzene rings is 4. The normalized spacial score (nSPS) is 10.7. The second-order valence-corrected chi connectivity index (χ2v) is 7.21. The van der Waals surface area contributed by atoms with E-state index in [0.29, 0.717) is 10.8 Å². The van der Waals surface area contributed by atoms with Gasteiger partial charge in [-0.25, -0.2) is 4.79 Å². The van der Waals surface area contributed by atoms with E-state index in [-0.39, 0.29) is 11.1 Å². The van der Waals surface area contributed by atoms with Crippen LogP contribution in [0.1, 0.15) is 37.8 Å². The zero-order valence-electron chi connectivity index (χ0n) is 17.0. The smallest absolute Gasteiger partial charge is 0.336 e. The van der Waals surface area contributed by atoms with Crippen molar-refractivity contribution in [3.05, 3.63) is 119 Å². The fourth-order valence-electron chi connectivity index (χ4n) is 3.75. The average Bonchev–Trinajstić information content (AvgIpc) is 2.83. The lowest BCUT2D eigenvalue weighted by molar-refractivity contribution is -0.122. The molecule has 158 valence electrons. The summed E-state index contributed by atoms with van der Waals surface area (Å²) < 4.78 is 0. The Hall–Kier alpha value is -4.45. The number of rotatable bonds is 5. The molecule has 0 heterocycles. The van der Waals surface area contributed by atoms with E-state index in [9.17, 15) is 19.5 Å². The minimum atomic E-state index is -1.13. The largest absolute Gasteiger partial charge is 0.478 e. The molecular formula is C26H20N2O4. The Morgan fingerprint density at radius 2 is 1.16 bits per heavy atom. The molecule has 3 N–H and O–H groups in total. The molecule has 0 aliphatic carbocycles. The number of nitrogens with one attached hydrogen (secondary N) is 2. The number of hydrogen-bond acceptors (Lipinski definition) is 3. The highest BCUT2D eigenvalue weighted by atomic mass is 16.4. The summed E-state index contributed by atoms with van der Waals surface area (Å²) in [5, 5.41) is 10.5. The number of carbonyl (C=O) groups excluding carboxylic acids is 2. The lowest BCUT2D eigenvalue weighted by atomic mass is 9.91. The van der Waals surface area contributed by atoms with E-state index in [4.69, 9.17) is 0 Å². The molecule has 0 fully saturated rings. The number of amides is 2. The Morgan fingerprint density at radius 3 is 1.69 bits per heavy atom. The molecular weight excluding hydrogens is 404 g/mol. The van der Waals surface area contributed by atoms with Gasteiger partial charge in [-0.3, -0.25) is 20.4 Å². The molecule has 2 amide bonds. The number of hydrogen-bond donors (Lipinski definition) is 3. The van der Waals surface area contributed by atoms with Gasteiger partial charge in [-0.05, 0) is 28.6 Å². The van der Waals surface area contributed by atoms with Crippen LogP contribution in [-0.2, 0) is 4.79 Å². The maximum atomic E-state index is 13.1. The molecule has 6 heteroatoms. The highest BCUT2D eigenvalue weighted by Gasteiger charge is 2.24. The molecule has 0 aromatic heterocycles. The highest BCUT2D eigenvalue weighted by molar-refractivity contribution is 6.14. The van der Waals surface area contributed by atoms with Gasteiger partial charge < -0.3 is 5.11 Å². The second kappa shape index (κ2) is 9.14. The lowest BCUT2D eigenvalue weighted by Gasteiger charge is -2.18. The van der Waals surface area contributed by atoms with Crippen molar-refractivity contribution >= 4 is 28.6 Å². The zero-order valence-corrected chi connectivity index (χ0v) is 17.0. The van der Waals surface area contributed by atoms with Gasteiger partial charge in [0.2, 0.25) is 5.91 Å². The molecule has 4 aromatic rings. The molecule has 0 saturated heterocycles. The van der Waals surface area contributed by atoms with E-state index in [1.165, 1.54) is 12.1 Å². The molecule has 4 aromatic carbocycles. The van der Waals surface area contributed by atoms with Crippen molar-refractivity contribution in [3.8, 4) is 0 Å². The Kier molecular flexibility index (Phi) is 5.94. The summed E-state index contributed by atoms with van der Waals surface area (Å²) in [5.41, 5.74) is 6.70. The molecule has 4 rings (SSSR count). The van der Waals surface area contributed by atoms with Gasteiger partial charge in [0.15, 0.2) is 0 Å². The summed E-state index contributed by atoms with van der Waals surface area (Å²) in [6, 6.07) is 28.3. The van der Waals surface area contributed by atoms with Gasteiger partial charge in [0.1, 0.15) is 0 Å². The van der Waals surface area contributed by atoms with E-state index >= 15 is 0 Å². The Balaban J connectivity index is 1.61. The maximum Gasteiger partial charge on any atom is 0.336 e. The third-order valence-corrected chi connectivity index (χ3v) is 5.21. The van der Waals surface area contributed by atoms with Crippen LogP contribution < -0.4 is 10.9 Å². The zero-order chi connectivity index (χ0) is 22.5. The summed E-state index contributed by atoms with van der Waals surface area (Å²) in [5.74, 6) is -2.76. The van der Waals surface area contributed by atoms with Crippen molar-refractivity contribution in [1.29, 1.82) is 0 Å². The number of carboxylic acids is 1. The molecule has 32 heavy (non-hydrogen) atoms. The van der Waals surface area contributed by atoms with Gasteiger partial charge >= 0.3 is 5.97 Å². The number of fused-ring (bicyclic) bond motifs is 1. The van der Waals surface area contributed by atoms with Crippen LogP contribution in [0.25, 0.3) is 10.8 Å². The molecule has 0 bridgehead atoms. The third-order valence-electron chi connectivity index (χ3n) is 5.21. The van der Waals surface area contributed by atoms with Crippen molar-refractivity contribution in [2.45, 2.75) is 5.92 Å². The number of hydrazine groups is 1. The summed E-state index contributed by atoms with van der Waals surface area (Å²) in [6.45, 7) is 0. The van der Waals surface area contributed by atoms with Gasteiger partial charge in [-0.2, -0.15) is 0 Å². The van der Waals surface area contributed by atoms with Crippen LogP contribution >= 0.6 is 0 Å². The van der Waals surface area contributed by atoms with Crippen molar-refractivity contribution in [3.63, 3.8) is 0 Å².